The minimum atomic E-state index is -1.51. The SMILES string of the molecule is C=C(C)C(=O)OC(OC(=O)C(=C)C)C(O)CC(C)O. The first-order valence-electron chi connectivity index (χ1n) is 5.74. The van der Waals surface area contributed by atoms with Gasteiger partial charge in [0, 0.05) is 17.6 Å². The van der Waals surface area contributed by atoms with Crippen LogP contribution in [0, 0.1) is 0 Å². The number of carbonyl (C=O) groups is 2. The van der Waals surface area contributed by atoms with Gasteiger partial charge in [0.1, 0.15) is 6.10 Å². The monoisotopic (exact) mass is 272 g/mol. The van der Waals surface area contributed by atoms with Crippen molar-refractivity contribution in [3.05, 3.63) is 24.3 Å². The number of aliphatic hydroxyl groups is 2. The second-order valence-electron chi connectivity index (χ2n) is 4.39. The van der Waals surface area contributed by atoms with Crippen molar-refractivity contribution in [2.75, 3.05) is 0 Å². The van der Waals surface area contributed by atoms with E-state index in [1.807, 2.05) is 0 Å². The Morgan fingerprint density at radius 2 is 1.42 bits per heavy atom. The number of rotatable bonds is 7. The average Bonchev–Trinajstić information content (AvgIpc) is 2.26. The molecule has 0 bridgehead atoms. The zero-order valence-electron chi connectivity index (χ0n) is 11.4. The molecule has 2 unspecified atom stereocenters. The second-order valence-corrected chi connectivity index (χ2v) is 4.39. The van der Waals surface area contributed by atoms with Crippen molar-refractivity contribution in [2.45, 2.75) is 45.7 Å². The van der Waals surface area contributed by atoms with Gasteiger partial charge >= 0.3 is 11.9 Å². The predicted molar refractivity (Wildman–Crippen MR) is 67.9 cm³/mol. The van der Waals surface area contributed by atoms with Gasteiger partial charge in [0.2, 0.25) is 0 Å². The predicted octanol–water partition coefficient (Wildman–Crippen LogP) is 0.683. The summed E-state index contributed by atoms with van der Waals surface area (Å²) in [6.07, 6.45) is -3.81. The van der Waals surface area contributed by atoms with Crippen LogP contribution in [-0.4, -0.2) is 40.6 Å². The van der Waals surface area contributed by atoms with E-state index in [0.717, 1.165) is 0 Å². The van der Waals surface area contributed by atoms with Gasteiger partial charge in [-0.3, -0.25) is 0 Å². The van der Waals surface area contributed by atoms with Crippen LogP contribution in [0.25, 0.3) is 0 Å². The molecule has 0 heterocycles. The molecule has 6 nitrogen and oxygen atoms in total. The fourth-order valence-corrected chi connectivity index (χ4v) is 1.05. The number of ether oxygens (including phenoxy) is 2. The Morgan fingerprint density at radius 1 is 1.05 bits per heavy atom. The third kappa shape index (κ3) is 6.73. The van der Waals surface area contributed by atoms with Crippen LogP contribution < -0.4 is 0 Å². The van der Waals surface area contributed by atoms with Crippen molar-refractivity contribution in [1.29, 1.82) is 0 Å². The number of carbonyl (C=O) groups excluding carboxylic acids is 2. The van der Waals surface area contributed by atoms with Gasteiger partial charge in [-0.2, -0.15) is 0 Å². The molecule has 2 atom stereocenters. The molecule has 0 aromatic rings. The van der Waals surface area contributed by atoms with Gasteiger partial charge in [-0.1, -0.05) is 13.2 Å². The first kappa shape index (κ1) is 17.3. The summed E-state index contributed by atoms with van der Waals surface area (Å²) in [5.74, 6) is -1.60. The topological polar surface area (TPSA) is 93.1 Å². The molecule has 0 rings (SSSR count). The van der Waals surface area contributed by atoms with Crippen molar-refractivity contribution < 1.29 is 29.3 Å². The fraction of sp³-hybridized carbons (Fsp3) is 0.538. The Kier molecular flexibility index (Phi) is 7.03. The summed E-state index contributed by atoms with van der Waals surface area (Å²) in [4.78, 5) is 22.8. The minimum absolute atomic E-state index is 0.0978. The van der Waals surface area contributed by atoms with Crippen LogP contribution in [0.1, 0.15) is 27.2 Å². The molecule has 2 N–H and O–H groups in total. The summed E-state index contributed by atoms with van der Waals surface area (Å²) >= 11 is 0. The molecule has 0 radical (unpaired) electrons. The molecule has 0 amide bonds. The van der Waals surface area contributed by atoms with E-state index >= 15 is 0 Å². The molecule has 0 saturated carbocycles. The van der Waals surface area contributed by atoms with Gasteiger partial charge < -0.3 is 19.7 Å². The van der Waals surface area contributed by atoms with Gasteiger partial charge in [-0.15, -0.1) is 0 Å². The van der Waals surface area contributed by atoms with Crippen LogP contribution in [0.5, 0.6) is 0 Å². The second kappa shape index (κ2) is 7.70. The highest BCUT2D eigenvalue weighted by molar-refractivity contribution is 5.88. The summed E-state index contributed by atoms with van der Waals surface area (Å²) in [6, 6.07) is 0. The van der Waals surface area contributed by atoms with Crippen molar-refractivity contribution in [3.8, 4) is 0 Å². The Balaban J connectivity index is 4.81. The molecular weight excluding hydrogens is 252 g/mol. The van der Waals surface area contributed by atoms with E-state index in [-0.39, 0.29) is 17.6 Å². The number of aliphatic hydroxyl groups excluding tert-OH is 2. The van der Waals surface area contributed by atoms with Crippen LogP contribution in [0.3, 0.4) is 0 Å². The zero-order valence-corrected chi connectivity index (χ0v) is 11.4. The molecule has 0 spiro atoms. The van der Waals surface area contributed by atoms with E-state index in [0.29, 0.717) is 0 Å². The summed E-state index contributed by atoms with van der Waals surface area (Å²) < 4.78 is 9.62. The molecule has 6 heteroatoms. The van der Waals surface area contributed by atoms with E-state index in [2.05, 4.69) is 13.2 Å². The highest BCUT2D eigenvalue weighted by atomic mass is 16.7. The van der Waals surface area contributed by atoms with Crippen LogP contribution in [0.4, 0.5) is 0 Å². The molecule has 19 heavy (non-hydrogen) atoms. The summed E-state index contributed by atoms with van der Waals surface area (Å²) in [6.45, 7) is 11.0. The van der Waals surface area contributed by atoms with Gasteiger partial charge in [0.25, 0.3) is 6.29 Å². The molecule has 0 fully saturated rings. The Bertz CT molecular complexity index is 343. The largest absolute Gasteiger partial charge is 0.419 e. The quantitative estimate of drug-likeness (QED) is 0.402. The van der Waals surface area contributed by atoms with Crippen LogP contribution in [0.2, 0.25) is 0 Å². The van der Waals surface area contributed by atoms with Gasteiger partial charge in [-0.25, -0.2) is 9.59 Å². The third-order valence-electron chi connectivity index (χ3n) is 2.04. The normalized spacial score (nSPS) is 13.6. The molecule has 0 saturated heterocycles. The maximum Gasteiger partial charge on any atom is 0.336 e. The van der Waals surface area contributed by atoms with Crippen molar-refractivity contribution in [1.82, 2.24) is 0 Å². The van der Waals surface area contributed by atoms with Crippen molar-refractivity contribution in [3.63, 3.8) is 0 Å². The first-order valence-corrected chi connectivity index (χ1v) is 5.74. The fourth-order valence-electron chi connectivity index (χ4n) is 1.05. The molecule has 0 aliphatic carbocycles. The van der Waals surface area contributed by atoms with Crippen LogP contribution in [0.15, 0.2) is 24.3 Å². The zero-order chi connectivity index (χ0) is 15.2. The maximum absolute atomic E-state index is 11.4. The van der Waals surface area contributed by atoms with Crippen molar-refractivity contribution >= 4 is 11.9 Å². The number of hydrogen-bond donors (Lipinski definition) is 2. The molecular formula is C13H20O6. The summed E-state index contributed by atoms with van der Waals surface area (Å²) in [5, 5.41) is 18.9. The maximum atomic E-state index is 11.4. The highest BCUT2D eigenvalue weighted by Gasteiger charge is 2.28. The lowest BCUT2D eigenvalue weighted by atomic mass is 10.1. The first-order chi connectivity index (χ1) is 8.65. The lowest BCUT2D eigenvalue weighted by Crippen LogP contribution is -2.37. The molecule has 108 valence electrons. The van der Waals surface area contributed by atoms with Crippen LogP contribution in [-0.2, 0) is 19.1 Å². The standard InChI is InChI=1S/C13H20O6/c1-7(2)11(16)18-13(10(15)6-9(5)14)19-12(17)8(3)4/h9-10,13-15H,1,3,6H2,2,4-5H3. The Hall–Kier alpha value is -1.66. The molecule has 0 aliphatic heterocycles. The van der Waals surface area contributed by atoms with E-state index in [4.69, 9.17) is 9.47 Å². The van der Waals surface area contributed by atoms with Gasteiger partial charge in [0.05, 0.1) is 6.10 Å². The Labute approximate surface area is 112 Å². The molecule has 0 aromatic heterocycles. The van der Waals surface area contributed by atoms with E-state index in [1.54, 1.807) is 0 Å². The van der Waals surface area contributed by atoms with Gasteiger partial charge in [0.15, 0.2) is 0 Å². The smallest absolute Gasteiger partial charge is 0.336 e. The van der Waals surface area contributed by atoms with Crippen molar-refractivity contribution in [2.24, 2.45) is 0 Å². The third-order valence-corrected chi connectivity index (χ3v) is 2.04. The Morgan fingerprint density at radius 3 is 1.68 bits per heavy atom. The van der Waals surface area contributed by atoms with Gasteiger partial charge in [-0.05, 0) is 20.8 Å². The highest BCUT2D eigenvalue weighted by Crippen LogP contribution is 2.12. The summed E-state index contributed by atoms with van der Waals surface area (Å²) in [7, 11) is 0. The molecule has 0 aliphatic rings. The molecule has 0 aromatic carbocycles. The van der Waals surface area contributed by atoms with E-state index in [1.165, 1.54) is 20.8 Å². The minimum Gasteiger partial charge on any atom is -0.419 e. The lowest BCUT2D eigenvalue weighted by molar-refractivity contribution is -0.204. The van der Waals surface area contributed by atoms with E-state index < -0.39 is 30.4 Å². The lowest BCUT2D eigenvalue weighted by Gasteiger charge is -2.23. The van der Waals surface area contributed by atoms with Crippen LogP contribution >= 0.6 is 0 Å². The number of esters is 2. The number of hydrogen-bond acceptors (Lipinski definition) is 6. The average molecular weight is 272 g/mol. The van der Waals surface area contributed by atoms with E-state index in [9.17, 15) is 19.8 Å². The summed E-state index contributed by atoms with van der Waals surface area (Å²) in [5.41, 5.74) is 0.196.